The predicted octanol–water partition coefficient (Wildman–Crippen LogP) is 5.28. The monoisotopic (exact) mass is 750 g/mol. The lowest BCUT2D eigenvalue weighted by Gasteiger charge is -2.38. The quantitative estimate of drug-likeness (QED) is 0.227. The second-order valence-electron chi connectivity index (χ2n) is 12.2. The second kappa shape index (κ2) is 14.1. The Bertz CT molecular complexity index is 2150. The molecule has 51 heavy (non-hydrogen) atoms. The van der Waals surface area contributed by atoms with Gasteiger partial charge in [0.05, 0.1) is 23.6 Å². The van der Waals surface area contributed by atoms with E-state index in [4.69, 9.17) is 26.1 Å². The summed E-state index contributed by atoms with van der Waals surface area (Å²) in [7, 11) is -2.02. The minimum absolute atomic E-state index is 0.0980. The molecular formula is C35H32ClFN6O6S2. The highest BCUT2D eigenvalue weighted by Gasteiger charge is 2.42. The summed E-state index contributed by atoms with van der Waals surface area (Å²) < 4.78 is 48.6. The smallest absolute Gasteiger partial charge is 0.338 e. The summed E-state index contributed by atoms with van der Waals surface area (Å²) in [4.78, 5) is 42.1. The number of nitrogens with zero attached hydrogens (tertiary/aromatic N) is 5. The number of piperazine rings is 1. The number of aromatic nitrogens is 1. The van der Waals surface area contributed by atoms with E-state index >= 15 is 0 Å². The van der Waals surface area contributed by atoms with Crippen LogP contribution in [0.5, 0.6) is 11.5 Å². The summed E-state index contributed by atoms with van der Waals surface area (Å²) >= 11 is 7.88. The molecule has 2 amide bonds. The van der Waals surface area contributed by atoms with Crippen LogP contribution >= 0.6 is 22.9 Å². The van der Waals surface area contributed by atoms with Crippen molar-refractivity contribution in [3.05, 3.63) is 111 Å². The van der Waals surface area contributed by atoms with Gasteiger partial charge >= 0.3 is 12.0 Å². The van der Waals surface area contributed by atoms with E-state index in [0.717, 1.165) is 6.26 Å². The molecule has 7 rings (SSSR count). The first-order valence-electron chi connectivity index (χ1n) is 15.9. The van der Waals surface area contributed by atoms with Gasteiger partial charge in [-0.3, -0.25) is 14.8 Å². The lowest BCUT2D eigenvalue weighted by atomic mass is 9.95. The van der Waals surface area contributed by atoms with Crippen LogP contribution in [0.2, 0.25) is 5.02 Å². The number of hydrogen-bond donors (Lipinski definition) is 1. The van der Waals surface area contributed by atoms with Crippen molar-refractivity contribution in [1.29, 1.82) is 0 Å². The molecule has 3 aliphatic heterocycles. The van der Waals surface area contributed by atoms with E-state index in [2.05, 4.69) is 15.2 Å². The number of thiazole rings is 1. The number of rotatable bonds is 9. The Hall–Kier alpha value is -4.83. The molecule has 0 radical (unpaired) electrons. The summed E-state index contributed by atoms with van der Waals surface area (Å²) in [5.41, 5.74) is 1.98. The first-order valence-corrected chi connectivity index (χ1v) is 19.0. The minimum atomic E-state index is -3.31. The van der Waals surface area contributed by atoms with E-state index in [9.17, 15) is 22.4 Å². The number of carbonyl (C=O) groups is 2. The SMILES string of the molecule is COC(=O)C1=C(CN2CCN3C(=O)N(c4ccc(Oc5ccc(S(C)(=O)=O)cc5)cc4)C[C@@H]3C2)NC(c2nccs2)=N[C@H]1c1ccc(F)cc1Cl. The molecule has 264 valence electrons. The third-order valence-electron chi connectivity index (χ3n) is 8.88. The molecule has 0 bridgehead atoms. The number of nitrogens with one attached hydrogen (secondary N) is 1. The molecule has 1 N–H and O–H groups in total. The van der Waals surface area contributed by atoms with Gasteiger partial charge in [-0.2, -0.15) is 0 Å². The molecule has 3 aromatic carbocycles. The van der Waals surface area contributed by atoms with E-state index in [1.807, 2.05) is 22.4 Å². The molecule has 4 heterocycles. The zero-order chi connectivity index (χ0) is 35.9. The molecule has 0 unspecified atom stereocenters. The summed E-state index contributed by atoms with van der Waals surface area (Å²) in [6, 6.07) is 16.2. The first-order chi connectivity index (χ1) is 24.5. The number of amides is 2. The molecule has 4 aromatic rings. The van der Waals surface area contributed by atoms with E-state index < -0.39 is 27.7 Å². The van der Waals surface area contributed by atoms with Crippen molar-refractivity contribution >= 4 is 56.3 Å². The van der Waals surface area contributed by atoms with Crippen LogP contribution in [-0.2, 0) is 19.4 Å². The molecule has 0 aliphatic carbocycles. The number of urea groups is 1. The topological polar surface area (TPSA) is 134 Å². The van der Waals surface area contributed by atoms with Crippen LogP contribution in [0.3, 0.4) is 0 Å². The number of anilines is 1. The Labute approximate surface area is 302 Å². The summed E-state index contributed by atoms with van der Waals surface area (Å²) in [6.45, 7) is 2.34. The largest absolute Gasteiger partial charge is 0.466 e. The van der Waals surface area contributed by atoms with Gasteiger partial charge in [-0.1, -0.05) is 17.7 Å². The molecule has 2 saturated heterocycles. The van der Waals surface area contributed by atoms with Crippen molar-refractivity contribution in [1.82, 2.24) is 20.1 Å². The fourth-order valence-corrected chi connectivity index (χ4v) is 7.90. The Morgan fingerprint density at radius 1 is 1.06 bits per heavy atom. The van der Waals surface area contributed by atoms with Crippen molar-refractivity contribution in [3.8, 4) is 11.5 Å². The van der Waals surface area contributed by atoms with Crippen molar-refractivity contribution in [3.63, 3.8) is 0 Å². The normalized spacial score (nSPS) is 19.5. The van der Waals surface area contributed by atoms with Crippen molar-refractivity contribution < 1.29 is 31.9 Å². The fraction of sp³-hybridized carbons (Fsp3) is 0.257. The van der Waals surface area contributed by atoms with Crippen LogP contribution in [0.25, 0.3) is 0 Å². The van der Waals surface area contributed by atoms with E-state index in [1.165, 1.54) is 48.8 Å². The van der Waals surface area contributed by atoms with E-state index in [-0.39, 0.29) is 27.6 Å². The van der Waals surface area contributed by atoms with Gasteiger partial charge in [0.15, 0.2) is 20.7 Å². The summed E-state index contributed by atoms with van der Waals surface area (Å²) in [5, 5.41) is 5.89. The molecule has 3 aliphatic rings. The highest BCUT2D eigenvalue weighted by molar-refractivity contribution is 7.90. The highest BCUT2D eigenvalue weighted by atomic mass is 35.5. The Morgan fingerprint density at radius 3 is 2.43 bits per heavy atom. The maximum absolute atomic E-state index is 14.0. The average Bonchev–Trinajstić information content (AvgIpc) is 3.76. The maximum atomic E-state index is 14.0. The van der Waals surface area contributed by atoms with Crippen LogP contribution in [0.15, 0.2) is 99.5 Å². The molecule has 0 spiro atoms. The van der Waals surface area contributed by atoms with Crippen molar-refractivity contribution in [2.24, 2.45) is 4.99 Å². The van der Waals surface area contributed by atoms with Gasteiger partial charge in [-0.05, 0) is 60.7 Å². The van der Waals surface area contributed by atoms with Gasteiger partial charge in [0, 0.05) is 72.5 Å². The van der Waals surface area contributed by atoms with Crippen molar-refractivity contribution in [2.75, 3.05) is 51.0 Å². The molecule has 0 saturated carbocycles. The number of methoxy groups -OCH3 is 1. The number of benzene rings is 3. The van der Waals surface area contributed by atoms with Gasteiger partial charge < -0.3 is 19.7 Å². The Kier molecular flexibility index (Phi) is 9.54. The van der Waals surface area contributed by atoms with Crippen LogP contribution in [0.1, 0.15) is 16.6 Å². The van der Waals surface area contributed by atoms with Gasteiger partial charge in [0.1, 0.15) is 23.4 Å². The number of amidine groups is 1. The third-order valence-corrected chi connectivity index (χ3v) is 11.1. The van der Waals surface area contributed by atoms with Crippen LogP contribution < -0.4 is 15.0 Å². The summed E-state index contributed by atoms with van der Waals surface area (Å²) in [6.07, 6.45) is 2.81. The standard InChI is InChI=1S/C35H32ClFN6O6S2/c1-48-34(44)30-29(39-32(33-38-13-16-50-33)40-31(30)27-12-3-21(37)17-28(27)36)20-41-14-15-42-23(18-41)19-43(35(42)45)22-4-6-24(7-5-22)49-25-8-10-26(11-9-25)51(2,46)47/h3-13,16-17,23,31H,14-15,18-20H2,1-2H3,(H,39,40)/t23-,31-/m0/s1. The van der Waals surface area contributed by atoms with Crippen molar-refractivity contribution in [2.45, 2.75) is 17.0 Å². The highest BCUT2D eigenvalue weighted by Crippen LogP contribution is 2.37. The number of esters is 1. The summed E-state index contributed by atoms with van der Waals surface area (Å²) in [5.74, 6) is 0.379. The number of sulfone groups is 1. The third kappa shape index (κ3) is 7.19. The van der Waals surface area contributed by atoms with Gasteiger partial charge in [0.25, 0.3) is 0 Å². The number of aliphatic imine (C=N–C) groups is 1. The number of ether oxygens (including phenoxy) is 2. The molecule has 2 atom stereocenters. The first kappa shape index (κ1) is 34.6. The van der Waals surface area contributed by atoms with Gasteiger partial charge in [0.2, 0.25) is 0 Å². The fourth-order valence-electron chi connectivity index (χ4n) is 6.41. The van der Waals surface area contributed by atoms with Crippen LogP contribution in [-0.4, -0.2) is 93.2 Å². The molecular weight excluding hydrogens is 719 g/mol. The van der Waals surface area contributed by atoms with Crippen LogP contribution in [0, 0.1) is 5.82 Å². The number of hydrogen-bond acceptors (Lipinski definition) is 11. The number of carbonyl (C=O) groups excluding carboxylic acids is 2. The molecule has 12 nitrogen and oxygen atoms in total. The van der Waals surface area contributed by atoms with E-state index in [1.54, 1.807) is 35.4 Å². The predicted molar refractivity (Wildman–Crippen MR) is 191 cm³/mol. The minimum Gasteiger partial charge on any atom is -0.466 e. The van der Waals surface area contributed by atoms with Gasteiger partial charge in [-0.15, -0.1) is 11.3 Å². The van der Waals surface area contributed by atoms with E-state index in [0.29, 0.717) is 72.0 Å². The lowest BCUT2D eigenvalue weighted by molar-refractivity contribution is -0.136. The number of halogens is 2. The Morgan fingerprint density at radius 2 is 1.78 bits per heavy atom. The second-order valence-corrected chi connectivity index (χ2v) is 15.5. The van der Waals surface area contributed by atoms with Crippen LogP contribution in [0.4, 0.5) is 14.9 Å². The molecule has 2 fully saturated rings. The maximum Gasteiger partial charge on any atom is 0.338 e. The zero-order valence-corrected chi connectivity index (χ0v) is 29.8. The lowest BCUT2D eigenvalue weighted by Crippen LogP contribution is -2.53. The average molecular weight is 751 g/mol. The molecule has 1 aromatic heterocycles. The van der Waals surface area contributed by atoms with Gasteiger partial charge in [-0.25, -0.2) is 27.4 Å². The Balaban J connectivity index is 1.08. The zero-order valence-electron chi connectivity index (χ0n) is 27.5. The number of fused-ring (bicyclic) bond motifs is 1. The molecule has 16 heteroatoms.